The maximum atomic E-state index is 12.5. The summed E-state index contributed by atoms with van der Waals surface area (Å²) in [6.07, 6.45) is -3.18. The Morgan fingerprint density at radius 2 is 2.14 bits per heavy atom. The summed E-state index contributed by atoms with van der Waals surface area (Å²) in [4.78, 5) is 7.79. The normalized spacial score (nSPS) is 13.2. The molecule has 1 atom stereocenters. The van der Waals surface area contributed by atoms with Crippen molar-refractivity contribution in [1.82, 2.24) is 15.1 Å². The summed E-state index contributed by atoms with van der Waals surface area (Å²) in [5.74, 6) is 0.934. The maximum Gasteiger partial charge on any atom is 0.417 e. The molecule has 2 aromatic heterocycles. The molecule has 0 aliphatic rings. The van der Waals surface area contributed by atoms with Crippen molar-refractivity contribution in [3.05, 3.63) is 34.6 Å². The molecule has 2 rings (SSSR count). The Balaban J connectivity index is 2.22. The van der Waals surface area contributed by atoms with Crippen molar-refractivity contribution in [3.63, 3.8) is 0 Å². The zero-order valence-electron chi connectivity index (χ0n) is 11.2. The lowest BCUT2D eigenvalue weighted by atomic mass is 10.2. The lowest BCUT2D eigenvalue weighted by Crippen LogP contribution is -2.14. The summed E-state index contributed by atoms with van der Waals surface area (Å²) >= 11 is 5.84. The molecule has 5 nitrogen and oxygen atoms in total. The van der Waals surface area contributed by atoms with Gasteiger partial charge in [0.25, 0.3) is 0 Å². The van der Waals surface area contributed by atoms with Crippen LogP contribution in [0.2, 0.25) is 5.02 Å². The van der Waals surface area contributed by atoms with E-state index in [9.17, 15) is 13.2 Å². The fourth-order valence-corrected chi connectivity index (χ4v) is 1.89. The van der Waals surface area contributed by atoms with E-state index in [2.05, 4.69) is 20.4 Å². The van der Waals surface area contributed by atoms with Gasteiger partial charge in [0.05, 0.1) is 16.6 Å². The second-order valence-corrected chi connectivity index (χ2v) is 4.74. The first kappa shape index (κ1) is 15.6. The van der Waals surface area contributed by atoms with Crippen LogP contribution in [0.15, 0.2) is 16.8 Å². The van der Waals surface area contributed by atoms with E-state index in [-0.39, 0.29) is 16.9 Å². The molecule has 21 heavy (non-hydrogen) atoms. The summed E-state index contributed by atoms with van der Waals surface area (Å²) in [6.45, 7) is 3.51. The summed E-state index contributed by atoms with van der Waals surface area (Å²) in [7, 11) is 0. The Hall–Kier alpha value is -1.83. The molecule has 0 saturated heterocycles. The fourth-order valence-electron chi connectivity index (χ4n) is 1.67. The monoisotopic (exact) mass is 320 g/mol. The molecular formula is C12H12ClF3N4O. The van der Waals surface area contributed by atoms with Crippen LogP contribution in [0, 0.1) is 6.92 Å². The number of hydrogen-bond acceptors (Lipinski definition) is 5. The zero-order valence-corrected chi connectivity index (χ0v) is 12.0. The van der Waals surface area contributed by atoms with Gasteiger partial charge in [0.2, 0.25) is 5.89 Å². The van der Waals surface area contributed by atoms with Crippen molar-refractivity contribution in [2.45, 2.75) is 32.5 Å². The van der Waals surface area contributed by atoms with Gasteiger partial charge in [0.15, 0.2) is 5.82 Å². The highest BCUT2D eigenvalue weighted by Crippen LogP contribution is 2.33. The maximum absolute atomic E-state index is 12.5. The van der Waals surface area contributed by atoms with E-state index in [1.807, 2.05) is 6.92 Å². The fraction of sp³-hybridized carbons (Fsp3) is 0.417. The van der Waals surface area contributed by atoms with Crippen molar-refractivity contribution in [2.24, 2.45) is 0 Å². The number of alkyl halides is 3. The third-order valence-electron chi connectivity index (χ3n) is 2.74. The van der Waals surface area contributed by atoms with Crippen molar-refractivity contribution < 1.29 is 17.7 Å². The highest BCUT2D eigenvalue weighted by atomic mass is 35.5. The van der Waals surface area contributed by atoms with Crippen molar-refractivity contribution in [2.75, 3.05) is 5.32 Å². The third kappa shape index (κ3) is 3.63. The van der Waals surface area contributed by atoms with Crippen LogP contribution in [0.25, 0.3) is 0 Å². The molecule has 1 N–H and O–H groups in total. The average Bonchev–Trinajstić information content (AvgIpc) is 2.82. The Kier molecular flexibility index (Phi) is 4.36. The van der Waals surface area contributed by atoms with Gasteiger partial charge in [0.1, 0.15) is 5.82 Å². The quantitative estimate of drug-likeness (QED) is 0.922. The van der Waals surface area contributed by atoms with Gasteiger partial charge in [-0.05, 0) is 12.5 Å². The van der Waals surface area contributed by atoms with Gasteiger partial charge >= 0.3 is 6.18 Å². The number of hydrogen-bond donors (Lipinski definition) is 1. The summed E-state index contributed by atoms with van der Waals surface area (Å²) in [5.41, 5.74) is -0.901. The summed E-state index contributed by atoms with van der Waals surface area (Å²) in [5, 5.41) is 6.56. The molecule has 9 heteroatoms. The number of anilines is 1. The molecule has 2 aromatic rings. The molecule has 0 aliphatic carbocycles. The number of rotatable bonds is 4. The van der Waals surface area contributed by atoms with Crippen LogP contribution >= 0.6 is 11.6 Å². The molecule has 1 unspecified atom stereocenters. The van der Waals surface area contributed by atoms with Crippen LogP contribution in [0.5, 0.6) is 0 Å². The van der Waals surface area contributed by atoms with Gasteiger partial charge in [-0.15, -0.1) is 0 Å². The topological polar surface area (TPSA) is 63.8 Å². The first-order valence-electron chi connectivity index (χ1n) is 6.10. The molecule has 2 heterocycles. The summed E-state index contributed by atoms with van der Waals surface area (Å²) < 4.78 is 42.5. The van der Waals surface area contributed by atoms with E-state index in [1.165, 1.54) is 0 Å². The molecule has 0 saturated carbocycles. The highest BCUT2D eigenvalue weighted by Gasteiger charge is 2.31. The molecule has 114 valence electrons. The number of nitrogens with zero attached hydrogens (tertiary/aromatic N) is 3. The molecule has 0 fully saturated rings. The molecule has 0 amide bonds. The minimum absolute atomic E-state index is 0.122. The predicted molar refractivity (Wildman–Crippen MR) is 69.9 cm³/mol. The number of halogens is 4. The van der Waals surface area contributed by atoms with Crippen molar-refractivity contribution in [3.8, 4) is 0 Å². The second-order valence-electron chi connectivity index (χ2n) is 4.33. The smallest absolute Gasteiger partial charge is 0.359 e. The van der Waals surface area contributed by atoms with E-state index in [0.717, 1.165) is 12.3 Å². The SMILES string of the molecule is CCC(Nc1ncc(C(F)(F)F)cc1Cl)c1noc(C)n1. The van der Waals surface area contributed by atoms with Gasteiger partial charge in [-0.3, -0.25) is 0 Å². The van der Waals surface area contributed by atoms with E-state index in [4.69, 9.17) is 16.1 Å². The largest absolute Gasteiger partial charge is 0.417 e. The van der Waals surface area contributed by atoms with E-state index >= 15 is 0 Å². The molecule has 0 aliphatic heterocycles. The van der Waals surface area contributed by atoms with Gasteiger partial charge in [-0.2, -0.15) is 18.2 Å². The van der Waals surface area contributed by atoms with Gasteiger partial charge in [-0.1, -0.05) is 23.7 Å². The van der Waals surface area contributed by atoms with Crippen LogP contribution in [-0.4, -0.2) is 15.1 Å². The van der Waals surface area contributed by atoms with Crippen molar-refractivity contribution in [1.29, 1.82) is 0 Å². The molecule has 0 aromatic carbocycles. The lowest BCUT2D eigenvalue weighted by Gasteiger charge is -2.15. The Morgan fingerprint density at radius 3 is 2.62 bits per heavy atom. The highest BCUT2D eigenvalue weighted by molar-refractivity contribution is 6.33. The van der Waals surface area contributed by atoms with Crippen LogP contribution in [0.4, 0.5) is 19.0 Å². The van der Waals surface area contributed by atoms with E-state index in [1.54, 1.807) is 6.92 Å². The molecular weight excluding hydrogens is 309 g/mol. The van der Waals surface area contributed by atoms with Gasteiger partial charge < -0.3 is 9.84 Å². The minimum Gasteiger partial charge on any atom is -0.359 e. The van der Waals surface area contributed by atoms with E-state index < -0.39 is 11.7 Å². The molecule has 0 bridgehead atoms. The Morgan fingerprint density at radius 1 is 1.43 bits per heavy atom. The first-order chi connectivity index (χ1) is 9.81. The standard InChI is InChI=1S/C12H12ClF3N4O/c1-3-9(11-18-6(2)21-20-11)19-10-8(13)4-7(5-17-10)12(14,15)16/h4-5,9H,3H2,1-2H3,(H,17,19). The number of nitrogens with one attached hydrogen (secondary N) is 1. The number of pyridine rings is 1. The van der Waals surface area contributed by atoms with Crippen LogP contribution < -0.4 is 5.32 Å². The Labute approximate surface area is 123 Å². The van der Waals surface area contributed by atoms with Crippen LogP contribution in [-0.2, 0) is 6.18 Å². The Bertz CT molecular complexity index is 629. The summed E-state index contributed by atoms with van der Waals surface area (Å²) in [6, 6.07) is 0.467. The number of aryl methyl sites for hydroxylation is 1. The second kappa shape index (κ2) is 5.88. The van der Waals surface area contributed by atoms with E-state index in [0.29, 0.717) is 18.1 Å². The predicted octanol–water partition coefficient (Wildman–Crippen LogP) is 4.01. The third-order valence-corrected chi connectivity index (χ3v) is 3.03. The zero-order chi connectivity index (χ0) is 15.6. The molecule has 0 radical (unpaired) electrons. The minimum atomic E-state index is -4.48. The number of aromatic nitrogens is 3. The van der Waals surface area contributed by atoms with Crippen LogP contribution in [0.3, 0.4) is 0 Å². The van der Waals surface area contributed by atoms with Crippen molar-refractivity contribution >= 4 is 17.4 Å². The lowest BCUT2D eigenvalue weighted by molar-refractivity contribution is -0.137. The first-order valence-corrected chi connectivity index (χ1v) is 6.48. The average molecular weight is 321 g/mol. The van der Waals surface area contributed by atoms with Crippen LogP contribution in [0.1, 0.15) is 36.7 Å². The van der Waals surface area contributed by atoms with Gasteiger partial charge in [0, 0.05) is 13.1 Å². The van der Waals surface area contributed by atoms with Gasteiger partial charge in [-0.25, -0.2) is 4.98 Å². The molecule has 0 spiro atoms.